The lowest BCUT2D eigenvalue weighted by molar-refractivity contribution is -0.126. The van der Waals surface area contributed by atoms with Gasteiger partial charge in [0.15, 0.2) is 0 Å². The number of aliphatic hydroxyl groups excluding tert-OH is 1. The summed E-state index contributed by atoms with van der Waals surface area (Å²) in [5.74, 6) is -0.730. The van der Waals surface area contributed by atoms with E-state index in [-0.39, 0.29) is 5.91 Å². The Morgan fingerprint density at radius 1 is 1.38 bits per heavy atom. The van der Waals surface area contributed by atoms with Crippen LogP contribution in [0.5, 0.6) is 0 Å². The first-order valence-electron chi connectivity index (χ1n) is 5.28. The summed E-state index contributed by atoms with van der Waals surface area (Å²) in [5, 5.41) is 12.7. The van der Waals surface area contributed by atoms with Crippen molar-refractivity contribution < 1.29 is 9.90 Å². The van der Waals surface area contributed by atoms with Crippen molar-refractivity contribution in [2.75, 3.05) is 7.05 Å². The Morgan fingerprint density at radius 2 is 2.00 bits per heavy atom. The maximum atomic E-state index is 11.6. The van der Waals surface area contributed by atoms with Crippen molar-refractivity contribution in [2.45, 2.75) is 13.0 Å². The number of hydrogen-bond donors (Lipinski definition) is 2. The summed E-state index contributed by atoms with van der Waals surface area (Å²) in [6.45, 7) is 1.83. The quantitative estimate of drug-likeness (QED) is 0.757. The van der Waals surface area contributed by atoms with E-state index in [4.69, 9.17) is 0 Å². The highest BCUT2D eigenvalue weighted by Crippen LogP contribution is 2.23. The van der Waals surface area contributed by atoms with E-state index in [1.54, 1.807) is 19.2 Å². The van der Waals surface area contributed by atoms with Crippen LogP contribution in [-0.2, 0) is 4.79 Å². The highest BCUT2D eigenvalue weighted by atomic mass is 16.3. The highest BCUT2D eigenvalue weighted by Gasteiger charge is 2.24. The minimum Gasteiger partial charge on any atom is -0.387 e. The Labute approximate surface area is 95.8 Å². The molecule has 1 rings (SSSR count). The predicted octanol–water partition coefficient (Wildman–Crippen LogP) is 1.66. The summed E-state index contributed by atoms with van der Waals surface area (Å²) in [7, 11) is 1.57. The van der Waals surface area contributed by atoms with E-state index in [1.807, 2.05) is 37.3 Å². The fourth-order valence-corrected chi connectivity index (χ4v) is 1.57. The Kier molecular flexibility index (Phi) is 4.73. The molecule has 0 spiro atoms. The Balaban J connectivity index is 2.91. The van der Waals surface area contributed by atoms with Gasteiger partial charge in [-0.2, -0.15) is 0 Å². The molecule has 1 aromatic carbocycles. The van der Waals surface area contributed by atoms with Gasteiger partial charge in [0.05, 0.1) is 12.0 Å². The zero-order chi connectivity index (χ0) is 12.0. The van der Waals surface area contributed by atoms with Crippen molar-refractivity contribution >= 4 is 5.91 Å². The first kappa shape index (κ1) is 12.5. The Hall–Kier alpha value is -1.61. The second-order valence-electron chi connectivity index (χ2n) is 3.52. The van der Waals surface area contributed by atoms with Crippen molar-refractivity contribution in [3.8, 4) is 0 Å². The average molecular weight is 219 g/mol. The smallest absolute Gasteiger partial charge is 0.229 e. The van der Waals surface area contributed by atoms with Crippen LogP contribution in [0.25, 0.3) is 0 Å². The lowest BCUT2D eigenvalue weighted by Crippen LogP contribution is -2.30. The molecule has 0 bridgehead atoms. The van der Waals surface area contributed by atoms with Crippen molar-refractivity contribution in [3.63, 3.8) is 0 Å². The predicted molar refractivity (Wildman–Crippen MR) is 63.8 cm³/mol. The molecule has 2 N–H and O–H groups in total. The van der Waals surface area contributed by atoms with E-state index in [0.717, 1.165) is 5.56 Å². The zero-order valence-electron chi connectivity index (χ0n) is 9.55. The third-order valence-corrected chi connectivity index (χ3v) is 2.43. The normalized spacial score (nSPS) is 14.7. The molecule has 0 saturated carbocycles. The van der Waals surface area contributed by atoms with Crippen LogP contribution in [0.2, 0.25) is 0 Å². The number of carbonyl (C=O) groups is 1. The Bertz CT molecular complexity index is 359. The molecule has 0 aliphatic carbocycles. The molecule has 1 aromatic rings. The topological polar surface area (TPSA) is 49.3 Å². The standard InChI is InChI=1S/C13H17NO2/c1-3-7-11(13(16)14-2)12(15)10-8-5-4-6-9-10/h3-9,11-12,15H,1-2H3,(H,14,16)/b7-3+/t11-,12+/m0/s1. The summed E-state index contributed by atoms with van der Waals surface area (Å²) < 4.78 is 0. The molecule has 2 atom stereocenters. The van der Waals surface area contributed by atoms with E-state index < -0.39 is 12.0 Å². The zero-order valence-corrected chi connectivity index (χ0v) is 9.55. The lowest BCUT2D eigenvalue weighted by atomic mass is 9.94. The van der Waals surface area contributed by atoms with Crippen LogP contribution in [0.3, 0.4) is 0 Å². The van der Waals surface area contributed by atoms with Crippen LogP contribution < -0.4 is 5.32 Å². The summed E-state index contributed by atoms with van der Waals surface area (Å²) in [4.78, 5) is 11.6. The lowest BCUT2D eigenvalue weighted by Gasteiger charge is -2.18. The molecule has 0 unspecified atom stereocenters. The van der Waals surface area contributed by atoms with Crippen molar-refractivity contribution in [1.82, 2.24) is 5.32 Å². The minimum absolute atomic E-state index is 0.186. The van der Waals surface area contributed by atoms with Crippen LogP contribution >= 0.6 is 0 Å². The number of benzene rings is 1. The minimum atomic E-state index is -0.808. The summed E-state index contributed by atoms with van der Waals surface area (Å²) in [5.41, 5.74) is 0.745. The van der Waals surface area contributed by atoms with Gasteiger partial charge in [-0.25, -0.2) is 0 Å². The Morgan fingerprint density at radius 3 is 2.50 bits per heavy atom. The number of amides is 1. The van der Waals surface area contributed by atoms with Crippen molar-refractivity contribution in [1.29, 1.82) is 0 Å². The summed E-state index contributed by atoms with van der Waals surface area (Å²) in [6, 6.07) is 9.18. The van der Waals surface area contributed by atoms with Gasteiger partial charge in [-0.3, -0.25) is 4.79 Å². The third-order valence-electron chi connectivity index (χ3n) is 2.43. The van der Waals surface area contributed by atoms with E-state index in [2.05, 4.69) is 5.32 Å². The van der Waals surface area contributed by atoms with Gasteiger partial charge in [0, 0.05) is 7.05 Å². The fourth-order valence-electron chi connectivity index (χ4n) is 1.57. The molecule has 0 saturated heterocycles. The molecule has 1 amide bonds. The number of hydrogen-bond acceptors (Lipinski definition) is 2. The summed E-state index contributed by atoms with van der Waals surface area (Å²) in [6.07, 6.45) is 2.67. The van der Waals surface area contributed by atoms with Gasteiger partial charge in [0.25, 0.3) is 0 Å². The van der Waals surface area contributed by atoms with Crippen LogP contribution in [0.1, 0.15) is 18.6 Å². The maximum Gasteiger partial charge on any atom is 0.229 e. The van der Waals surface area contributed by atoms with Crippen LogP contribution in [0.15, 0.2) is 42.5 Å². The molecular formula is C13H17NO2. The van der Waals surface area contributed by atoms with Crippen LogP contribution in [0.4, 0.5) is 0 Å². The van der Waals surface area contributed by atoms with Crippen molar-refractivity contribution in [2.24, 2.45) is 5.92 Å². The number of rotatable bonds is 4. The fraction of sp³-hybridized carbons (Fsp3) is 0.308. The number of allylic oxidation sites excluding steroid dienone is 1. The molecule has 0 aliphatic rings. The average Bonchev–Trinajstić information content (AvgIpc) is 2.35. The van der Waals surface area contributed by atoms with Gasteiger partial charge >= 0.3 is 0 Å². The number of nitrogens with one attached hydrogen (secondary N) is 1. The first-order valence-corrected chi connectivity index (χ1v) is 5.28. The molecule has 16 heavy (non-hydrogen) atoms. The van der Waals surface area contributed by atoms with E-state index in [0.29, 0.717) is 0 Å². The SMILES string of the molecule is C/C=C/[C@H](C(=O)NC)[C@H](O)c1ccccc1. The van der Waals surface area contributed by atoms with Gasteiger partial charge in [0.1, 0.15) is 0 Å². The second kappa shape index (κ2) is 6.08. The molecule has 0 fully saturated rings. The molecule has 0 heterocycles. The van der Waals surface area contributed by atoms with Gasteiger partial charge in [-0.05, 0) is 12.5 Å². The molecule has 86 valence electrons. The van der Waals surface area contributed by atoms with E-state index in [9.17, 15) is 9.90 Å². The highest BCUT2D eigenvalue weighted by molar-refractivity contribution is 5.80. The molecule has 0 aliphatic heterocycles. The molecular weight excluding hydrogens is 202 g/mol. The molecule has 3 nitrogen and oxygen atoms in total. The second-order valence-corrected chi connectivity index (χ2v) is 3.52. The molecule has 0 radical (unpaired) electrons. The monoisotopic (exact) mass is 219 g/mol. The largest absolute Gasteiger partial charge is 0.387 e. The number of carbonyl (C=O) groups excluding carboxylic acids is 1. The maximum absolute atomic E-state index is 11.6. The van der Waals surface area contributed by atoms with Crippen LogP contribution in [-0.4, -0.2) is 18.1 Å². The number of aliphatic hydroxyl groups is 1. The first-order chi connectivity index (χ1) is 7.70. The summed E-state index contributed by atoms with van der Waals surface area (Å²) >= 11 is 0. The van der Waals surface area contributed by atoms with E-state index >= 15 is 0 Å². The van der Waals surface area contributed by atoms with E-state index in [1.165, 1.54) is 0 Å². The molecule has 0 aromatic heterocycles. The van der Waals surface area contributed by atoms with Crippen LogP contribution in [0, 0.1) is 5.92 Å². The van der Waals surface area contributed by atoms with Gasteiger partial charge in [-0.15, -0.1) is 0 Å². The molecule has 3 heteroatoms. The van der Waals surface area contributed by atoms with Gasteiger partial charge in [0.2, 0.25) is 5.91 Å². The van der Waals surface area contributed by atoms with Gasteiger partial charge < -0.3 is 10.4 Å². The third kappa shape index (κ3) is 2.94. The van der Waals surface area contributed by atoms with Crippen molar-refractivity contribution in [3.05, 3.63) is 48.0 Å². The van der Waals surface area contributed by atoms with Gasteiger partial charge in [-0.1, -0.05) is 42.5 Å².